The molecule has 1 heterocycles. The standard InChI is InChI=1S/C30H34N4/c1-5-19-31-22(4)23-15-17-27(18-16-23)33-29(21(2)3)25-13-11-24(12-14-25)28-20-32-30(34-28)26-9-7-6-8-10-26/h6-18,21,29,31,33H,4-5,19-20H2,1-3H3. The third-order valence-corrected chi connectivity index (χ3v) is 6.07. The van der Waals surface area contributed by atoms with E-state index in [2.05, 4.69) is 104 Å². The maximum Gasteiger partial charge on any atom is 0.155 e. The highest BCUT2D eigenvalue weighted by molar-refractivity contribution is 6.17. The second kappa shape index (κ2) is 11.0. The minimum Gasteiger partial charge on any atom is -0.385 e. The molecular formula is C30H34N4. The summed E-state index contributed by atoms with van der Waals surface area (Å²) in [4.78, 5) is 9.42. The van der Waals surface area contributed by atoms with Crippen LogP contribution in [0.2, 0.25) is 0 Å². The van der Waals surface area contributed by atoms with Crippen LogP contribution in [0.15, 0.2) is 95.4 Å². The van der Waals surface area contributed by atoms with Crippen molar-refractivity contribution in [1.82, 2.24) is 5.32 Å². The molecule has 2 N–H and O–H groups in total. The van der Waals surface area contributed by atoms with Gasteiger partial charge in [-0.1, -0.05) is 94.1 Å². The van der Waals surface area contributed by atoms with E-state index in [0.29, 0.717) is 12.5 Å². The Bertz CT molecular complexity index is 1160. The molecule has 174 valence electrons. The van der Waals surface area contributed by atoms with Crippen LogP contribution in [-0.4, -0.2) is 24.6 Å². The van der Waals surface area contributed by atoms with Crippen LogP contribution in [0.5, 0.6) is 0 Å². The molecule has 4 heteroatoms. The minimum absolute atomic E-state index is 0.211. The van der Waals surface area contributed by atoms with Gasteiger partial charge in [-0.15, -0.1) is 0 Å². The van der Waals surface area contributed by atoms with Crippen molar-refractivity contribution in [3.8, 4) is 0 Å². The van der Waals surface area contributed by atoms with E-state index < -0.39 is 0 Å². The molecule has 3 aromatic carbocycles. The molecule has 4 rings (SSSR count). The lowest BCUT2D eigenvalue weighted by Crippen LogP contribution is -2.17. The van der Waals surface area contributed by atoms with Gasteiger partial charge >= 0.3 is 0 Å². The number of nitrogens with zero attached hydrogens (tertiary/aromatic N) is 2. The summed E-state index contributed by atoms with van der Waals surface area (Å²) in [5.74, 6) is 1.25. The van der Waals surface area contributed by atoms with Gasteiger partial charge in [0.2, 0.25) is 0 Å². The molecule has 0 saturated carbocycles. The zero-order valence-corrected chi connectivity index (χ0v) is 20.4. The smallest absolute Gasteiger partial charge is 0.155 e. The van der Waals surface area contributed by atoms with Gasteiger partial charge in [-0.3, -0.25) is 4.99 Å². The maximum atomic E-state index is 4.79. The molecule has 34 heavy (non-hydrogen) atoms. The van der Waals surface area contributed by atoms with Gasteiger partial charge in [0.05, 0.1) is 18.3 Å². The van der Waals surface area contributed by atoms with E-state index in [4.69, 9.17) is 4.99 Å². The summed E-state index contributed by atoms with van der Waals surface area (Å²) in [5, 5.41) is 7.08. The Balaban J connectivity index is 1.44. The number of hydrogen-bond donors (Lipinski definition) is 2. The van der Waals surface area contributed by atoms with Gasteiger partial charge in [-0.25, -0.2) is 4.99 Å². The predicted molar refractivity (Wildman–Crippen MR) is 146 cm³/mol. The first-order valence-corrected chi connectivity index (χ1v) is 12.1. The average Bonchev–Trinajstić information content (AvgIpc) is 3.37. The topological polar surface area (TPSA) is 48.8 Å². The van der Waals surface area contributed by atoms with E-state index in [1.165, 1.54) is 5.56 Å². The first-order valence-electron chi connectivity index (χ1n) is 12.1. The molecule has 0 aliphatic carbocycles. The number of aliphatic imine (C=N–C) groups is 2. The summed E-state index contributed by atoms with van der Waals surface area (Å²) < 4.78 is 0. The molecule has 1 aliphatic heterocycles. The fraction of sp³-hybridized carbons (Fsp3) is 0.267. The number of nitrogens with one attached hydrogen (secondary N) is 2. The molecule has 1 aliphatic rings. The Morgan fingerprint density at radius 3 is 2.26 bits per heavy atom. The summed E-state index contributed by atoms with van der Waals surface area (Å²) in [6.45, 7) is 12.4. The lowest BCUT2D eigenvalue weighted by atomic mass is 9.94. The molecule has 4 nitrogen and oxygen atoms in total. The minimum atomic E-state index is 0.211. The predicted octanol–water partition coefficient (Wildman–Crippen LogP) is 6.72. The van der Waals surface area contributed by atoms with Crippen LogP contribution < -0.4 is 10.6 Å². The van der Waals surface area contributed by atoms with E-state index in [0.717, 1.165) is 52.6 Å². The molecular weight excluding hydrogens is 416 g/mol. The second-order valence-electron chi connectivity index (χ2n) is 9.04. The lowest BCUT2D eigenvalue weighted by molar-refractivity contribution is 0.546. The van der Waals surface area contributed by atoms with E-state index in [1.807, 2.05) is 18.2 Å². The fourth-order valence-electron chi connectivity index (χ4n) is 4.09. The zero-order chi connectivity index (χ0) is 23.9. The summed E-state index contributed by atoms with van der Waals surface area (Å²) in [6, 6.07) is 27.6. The second-order valence-corrected chi connectivity index (χ2v) is 9.04. The Labute approximate surface area is 203 Å². The first kappa shape index (κ1) is 23.5. The number of anilines is 1. The van der Waals surface area contributed by atoms with Crippen LogP contribution in [0.1, 0.15) is 55.5 Å². The van der Waals surface area contributed by atoms with Crippen molar-refractivity contribution in [3.63, 3.8) is 0 Å². The van der Waals surface area contributed by atoms with Crippen molar-refractivity contribution < 1.29 is 0 Å². The molecule has 3 aromatic rings. The Morgan fingerprint density at radius 1 is 0.912 bits per heavy atom. The van der Waals surface area contributed by atoms with E-state index >= 15 is 0 Å². The van der Waals surface area contributed by atoms with Gasteiger partial charge in [0, 0.05) is 23.5 Å². The third kappa shape index (κ3) is 5.63. The Morgan fingerprint density at radius 2 is 1.62 bits per heavy atom. The summed E-state index contributed by atoms with van der Waals surface area (Å²) >= 11 is 0. The normalized spacial score (nSPS) is 13.9. The van der Waals surface area contributed by atoms with E-state index in [1.54, 1.807) is 0 Å². The van der Waals surface area contributed by atoms with Crippen molar-refractivity contribution in [3.05, 3.63) is 108 Å². The maximum absolute atomic E-state index is 4.79. The lowest BCUT2D eigenvalue weighted by Gasteiger charge is -2.24. The largest absolute Gasteiger partial charge is 0.385 e. The quantitative estimate of drug-likeness (QED) is 0.360. The Hall–Kier alpha value is -3.66. The van der Waals surface area contributed by atoms with Crippen molar-refractivity contribution >= 4 is 22.9 Å². The molecule has 0 radical (unpaired) electrons. The van der Waals surface area contributed by atoms with Crippen molar-refractivity contribution in [2.24, 2.45) is 15.9 Å². The monoisotopic (exact) mass is 450 g/mol. The molecule has 1 unspecified atom stereocenters. The molecule has 0 aromatic heterocycles. The van der Waals surface area contributed by atoms with Gasteiger partial charge < -0.3 is 10.6 Å². The summed E-state index contributed by atoms with van der Waals surface area (Å²) in [5.41, 5.74) is 7.68. The first-order chi connectivity index (χ1) is 16.5. The molecule has 0 fully saturated rings. The van der Waals surface area contributed by atoms with Gasteiger partial charge in [0.25, 0.3) is 0 Å². The number of benzene rings is 3. The molecule has 0 spiro atoms. The number of hydrogen-bond acceptors (Lipinski definition) is 4. The molecule has 1 atom stereocenters. The van der Waals surface area contributed by atoms with E-state index in [-0.39, 0.29) is 6.04 Å². The summed E-state index contributed by atoms with van der Waals surface area (Å²) in [6.07, 6.45) is 1.09. The fourth-order valence-corrected chi connectivity index (χ4v) is 4.09. The van der Waals surface area contributed by atoms with Gasteiger partial charge in [-0.2, -0.15) is 0 Å². The van der Waals surface area contributed by atoms with Crippen LogP contribution in [-0.2, 0) is 0 Å². The number of amidine groups is 1. The van der Waals surface area contributed by atoms with Crippen LogP contribution in [0.25, 0.3) is 5.70 Å². The summed E-state index contributed by atoms with van der Waals surface area (Å²) in [7, 11) is 0. The highest BCUT2D eigenvalue weighted by atomic mass is 15.0. The van der Waals surface area contributed by atoms with Crippen molar-refractivity contribution in [2.45, 2.75) is 33.2 Å². The SMILES string of the molecule is C=C(NCCC)c1ccc(NC(c2ccc(C3=NC(c4ccccc4)=NC3)cc2)C(C)C)cc1. The average molecular weight is 451 g/mol. The van der Waals surface area contributed by atoms with Crippen LogP contribution >= 0.6 is 0 Å². The third-order valence-electron chi connectivity index (χ3n) is 6.07. The molecule has 0 amide bonds. The van der Waals surface area contributed by atoms with Gasteiger partial charge in [0.1, 0.15) is 0 Å². The molecule has 0 saturated heterocycles. The van der Waals surface area contributed by atoms with Crippen LogP contribution in [0, 0.1) is 5.92 Å². The van der Waals surface area contributed by atoms with Crippen LogP contribution in [0.4, 0.5) is 5.69 Å². The van der Waals surface area contributed by atoms with Crippen LogP contribution in [0.3, 0.4) is 0 Å². The van der Waals surface area contributed by atoms with Gasteiger partial charge in [-0.05, 0) is 41.2 Å². The highest BCUT2D eigenvalue weighted by Crippen LogP contribution is 2.28. The highest BCUT2D eigenvalue weighted by Gasteiger charge is 2.18. The number of rotatable bonds is 10. The molecule has 0 bridgehead atoms. The van der Waals surface area contributed by atoms with Gasteiger partial charge in [0.15, 0.2) is 5.84 Å². The van der Waals surface area contributed by atoms with Crippen molar-refractivity contribution in [1.29, 1.82) is 0 Å². The zero-order valence-electron chi connectivity index (χ0n) is 20.4. The van der Waals surface area contributed by atoms with Crippen molar-refractivity contribution in [2.75, 3.05) is 18.4 Å². The Kier molecular flexibility index (Phi) is 7.58. The van der Waals surface area contributed by atoms with E-state index in [9.17, 15) is 0 Å².